The zero-order chi connectivity index (χ0) is 13.2. The summed E-state index contributed by atoms with van der Waals surface area (Å²) in [6, 6.07) is 15.5. The van der Waals surface area contributed by atoms with Gasteiger partial charge in [0.25, 0.3) is 0 Å². The molecule has 0 heterocycles. The normalized spacial score (nSPS) is 16.0. The van der Waals surface area contributed by atoms with E-state index in [1.165, 1.54) is 12.1 Å². The number of hydrogen-bond acceptors (Lipinski definition) is 2. The zero-order valence-electron chi connectivity index (χ0n) is 10.3. The second-order valence-electron chi connectivity index (χ2n) is 4.53. The van der Waals surface area contributed by atoms with E-state index < -0.39 is 5.54 Å². The third-order valence-electron chi connectivity index (χ3n) is 3.29. The Bertz CT molecular complexity index is 508. The maximum Gasteiger partial charge on any atom is 0.123 e. The fourth-order valence-electron chi connectivity index (χ4n) is 2.13. The van der Waals surface area contributed by atoms with Gasteiger partial charge in [-0.25, -0.2) is 4.39 Å². The molecule has 2 nitrogen and oxygen atoms in total. The highest BCUT2D eigenvalue weighted by Gasteiger charge is 2.33. The highest BCUT2D eigenvalue weighted by molar-refractivity contribution is 5.39. The van der Waals surface area contributed by atoms with Gasteiger partial charge < -0.3 is 11.5 Å². The molecule has 0 amide bonds. The second-order valence-corrected chi connectivity index (χ2v) is 4.53. The third-order valence-corrected chi connectivity index (χ3v) is 3.29. The van der Waals surface area contributed by atoms with Crippen LogP contribution in [0.5, 0.6) is 0 Å². The lowest BCUT2D eigenvalue weighted by molar-refractivity contribution is 0.445. The van der Waals surface area contributed by atoms with Crippen molar-refractivity contribution in [3.8, 4) is 0 Å². The topological polar surface area (TPSA) is 52.0 Å². The maximum atomic E-state index is 13.0. The van der Waals surface area contributed by atoms with Crippen molar-refractivity contribution in [1.82, 2.24) is 0 Å². The Balaban J connectivity index is 2.54. The van der Waals surface area contributed by atoms with E-state index in [9.17, 15) is 4.39 Å². The molecule has 0 aliphatic carbocycles. The minimum Gasteiger partial charge on any atom is -0.326 e. The Morgan fingerprint density at radius 1 is 0.944 bits per heavy atom. The highest BCUT2D eigenvalue weighted by atomic mass is 19.1. The molecule has 0 aliphatic heterocycles. The van der Waals surface area contributed by atoms with Crippen LogP contribution in [0.4, 0.5) is 4.39 Å². The molecule has 0 bridgehead atoms. The van der Waals surface area contributed by atoms with Crippen molar-refractivity contribution in [2.45, 2.75) is 18.5 Å². The van der Waals surface area contributed by atoms with Crippen LogP contribution in [0.15, 0.2) is 54.6 Å². The summed E-state index contributed by atoms with van der Waals surface area (Å²) in [6.07, 6.45) is 0. The van der Waals surface area contributed by atoms with Gasteiger partial charge in [-0.3, -0.25) is 0 Å². The van der Waals surface area contributed by atoms with Gasteiger partial charge in [0.2, 0.25) is 0 Å². The minimum absolute atomic E-state index is 0.279. The molecule has 0 spiro atoms. The summed E-state index contributed by atoms with van der Waals surface area (Å²) in [5, 5.41) is 0. The molecule has 2 atom stereocenters. The summed E-state index contributed by atoms with van der Waals surface area (Å²) >= 11 is 0. The molecular weight excluding hydrogens is 227 g/mol. The molecule has 2 rings (SSSR count). The van der Waals surface area contributed by atoms with Crippen LogP contribution in [0.3, 0.4) is 0 Å². The molecule has 0 aromatic heterocycles. The van der Waals surface area contributed by atoms with Crippen molar-refractivity contribution in [2.24, 2.45) is 11.5 Å². The van der Waals surface area contributed by atoms with Crippen molar-refractivity contribution in [2.75, 3.05) is 0 Å². The van der Waals surface area contributed by atoms with Gasteiger partial charge in [-0.2, -0.15) is 0 Å². The smallest absolute Gasteiger partial charge is 0.123 e. The summed E-state index contributed by atoms with van der Waals surface area (Å²) < 4.78 is 13.0. The van der Waals surface area contributed by atoms with Crippen molar-refractivity contribution in [1.29, 1.82) is 0 Å². The lowest BCUT2D eigenvalue weighted by Gasteiger charge is -2.34. The fraction of sp³-hybridized carbons (Fsp3) is 0.200. The van der Waals surface area contributed by atoms with Gasteiger partial charge in [0, 0.05) is 6.04 Å². The number of hydrogen-bond donors (Lipinski definition) is 2. The van der Waals surface area contributed by atoms with Crippen LogP contribution >= 0.6 is 0 Å². The Labute approximate surface area is 106 Å². The first-order valence-electron chi connectivity index (χ1n) is 5.91. The fourth-order valence-corrected chi connectivity index (χ4v) is 2.13. The summed E-state index contributed by atoms with van der Waals surface area (Å²) in [5.74, 6) is -0.279. The van der Waals surface area contributed by atoms with Crippen molar-refractivity contribution in [3.05, 3.63) is 71.5 Å². The summed E-state index contributed by atoms with van der Waals surface area (Å²) in [7, 11) is 0. The van der Waals surface area contributed by atoms with Crippen LogP contribution in [-0.2, 0) is 5.54 Å². The standard InChI is InChI=1S/C15H17FN2/c1-11(17)15(18,12-5-3-2-4-6-12)13-7-9-14(16)10-8-13/h2-11H,17-18H2,1H3/t11-,15+/m0/s1. The molecule has 2 aromatic rings. The van der Waals surface area contributed by atoms with Crippen LogP contribution in [0.1, 0.15) is 18.1 Å². The van der Waals surface area contributed by atoms with Crippen LogP contribution < -0.4 is 11.5 Å². The third kappa shape index (κ3) is 2.15. The van der Waals surface area contributed by atoms with Crippen LogP contribution in [0, 0.1) is 5.82 Å². The van der Waals surface area contributed by atoms with Crippen molar-refractivity contribution in [3.63, 3.8) is 0 Å². The zero-order valence-corrected chi connectivity index (χ0v) is 10.3. The van der Waals surface area contributed by atoms with E-state index in [2.05, 4.69) is 0 Å². The number of halogens is 1. The molecular formula is C15H17FN2. The largest absolute Gasteiger partial charge is 0.326 e. The van der Waals surface area contributed by atoms with Gasteiger partial charge in [-0.05, 0) is 30.2 Å². The summed E-state index contributed by atoms with van der Waals surface area (Å²) in [4.78, 5) is 0. The van der Waals surface area contributed by atoms with Gasteiger partial charge in [0.05, 0.1) is 5.54 Å². The molecule has 0 fully saturated rings. The van der Waals surface area contributed by atoms with Crippen LogP contribution in [-0.4, -0.2) is 6.04 Å². The van der Waals surface area contributed by atoms with E-state index in [1.54, 1.807) is 12.1 Å². The Morgan fingerprint density at radius 2 is 1.44 bits per heavy atom. The van der Waals surface area contributed by atoms with Crippen LogP contribution in [0.2, 0.25) is 0 Å². The molecule has 0 saturated heterocycles. The van der Waals surface area contributed by atoms with Crippen LogP contribution in [0.25, 0.3) is 0 Å². The lowest BCUT2D eigenvalue weighted by Crippen LogP contribution is -2.51. The van der Waals surface area contributed by atoms with Gasteiger partial charge in [-0.15, -0.1) is 0 Å². The Morgan fingerprint density at radius 3 is 1.94 bits per heavy atom. The van der Waals surface area contributed by atoms with Crippen molar-refractivity contribution < 1.29 is 4.39 Å². The molecule has 0 saturated carbocycles. The number of rotatable bonds is 3. The SMILES string of the molecule is C[C@H](N)[C@@](N)(c1ccccc1)c1ccc(F)cc1. The molecule has 0 aliphatic rings. The second kappa shape index (κ2) is 4.88. The first-order chi connectivity index (χ1) is 8.55. The first kappa shape index (κ1) is 12.7. The monoisotopic (exact) mass is 244 g/mol. The van der Waals surface area contributed by atoms with Gasteiger partial charge in [-0.1, -0.05) is 42.5 Å². The maximum absolute atomic E-state index is 13.0. The number of benzene rings is 2. The average molecular weight is 244 g/mol. The molecule has 0 radical (unpaired) electrons. The molecule has 94 valence electrons. The van der Waals surface area contributed by atoms with E-state index in [0.29, 0.717) is 0 Å². The van der Waals surface area contributed by atoms with E-state index in [0.717, 1.165) is 11.1 Å². The molecule has 3 heteroatoms. The van der Waals surface area contributed by atoms with Gasteiger partial charge >= 0.3 is 0 Å². The quantitative estimate of drug-likeness (QED) is 0.871. The first-order valence-corrected chi connectivity index (χ1v) is 5.91. The van der Waals surface area contributed by atoms with Gasteiger partial charge in [0.15, 0.2) is 0 Å². The molecule has 0 unspecified atom stereocenters. The minimum atomic E-state index is -0.811. The molecule has 2 aromatic carbocycles. The Kier molecular flexibility index (Phi) is 3.45. The number of nitrogens with two attached hydrogens (primary N) is 2. The highest BCUT2D eigenvalue weighted by Crippen LogP contribution is 2.29. The molecule has 18 heavy (non-hydrogen) atoms. The lowest BCUT2D eigenvalue weighted by atomic mass is 9.79. The predicted molar refractivity (Wildman–Crippen MR) is 71.5 cm³/mol. The van der Waals surface area contributed by atoms with E-state index >= 15 is 0 Å². The predicted octanol–water partition coefficient (Wildman–Crippen LogP) is 2.38. The van der Waals surface area contributed by atoms with E-state index in [4.69, 9.17) is 11.5 Å². The van der Waals surface area contributed by atoms with E-state index in [-0.39, 0.29) is 11.9 Å². The average Bonchev–Trinajstić information content (AvgIpc) is 2.39. The molecule has 4 N–H and O–H groups in total. The Hall–Kier alpha value is -1.71. The van der Waals surface area contributed by atoms with Crippen molar-refractivity contribution >= 4 is 0 Å². The summed E-state index contributed by atoms with van der Waals surface area (Å²) in [5.41, 5.74) is 13.5. The summed E-state index contributed by atoms with van der Waals surface area (Å²) in [6.45, 7) is 1.86. The van der Waals surface area contributed by atoms with Gasteiger partial charge in [0.1, 0.15) is 5.82 Å². The van der Waals surface area contributed by atoms with E-state index in [1.807, 2.05) is 37.3 Å².